The average Bonchev–Trinajstić information content (AvgIpc) is 2.93. The van der Waals surface area contributed by atoms with E-state index in [1.807, 2.05) is 20.8 Å². The summed E-state index contributed by atoms with van der Waals surface area (Å²) < 4.78 is 10.0. The molecular formula is C13H16N2O4. The number of hydrogen-bond acceptors (Lipinski definition) is 5. The van der Waals surface area contributed by atoms with Crippen molar-refractivity contribution in [2.75, 3.05) is 0 Å². The van der Waals surface area contributed by atoms with Crippen LogP contribution in [0.2, 0.25) is 0 Å². The molecule has 2 aromatic rings. The Kier molecular flexibility index (Phi) is 3.71. The number of carboxylic acid groups (broad SMARTS) is 1. The summed E-state index contributed by atoms with van der Waals surface area (Å²) in [5.74, 6) is -0.326. The number of carbonyl (C=O) groups is 1. The monoisotopic (exact) mass is 264 g/mol. The van der Waals surface area contributed by atoms with Crippen LogP contribution in [0.3, 0.4) is 0 Å². The number of furan rings is 1. The fraction of sp³-hybridized carbons (Fsp3) is 0.385. The van der Waals surface area contributed by atoms with Crippen molar-refractivity contribution in [3.05, 3.63) is 40.7 Å². The third-order valence-electron chi connectivity index (χ3n) is 3.06. The molecule has 1 atom stereocenters. The maximum absolute atomic E-state index is 10.9. The predicted molar refractivity (Wildman–Crippen MR) is 66.9 cm³/mol. The first-order valence-corrected chi connectivity index (χ1v) is 5.96. The largest absolute Gasteiger partial charge is 0.475 e. The Balaban J connectivity index is 2.07. The number of rotatable bonds is 5. The third-order valence-corrected chi connectivity index (χ3v) is 3.06. The smallest absolute Gasteiger partial charge is 0.372 e. The molecule has 2 N–H and O–H groups in total. The minimum atomic E-state index is -1.06. The Morgan fingerprint density at radius 1 is 1.53 bits per heavy atom. The molecule has 0 fully saturated rings. The fourth-order valence-electron chi connectivity index (χ4n) is 2.14. The number of hydrogen-bond donors (Lipinski definition) is 2. The van der Waals surface area contributed by atoms with Crippen molar-refractivity contribution in [2.45, 2.75) is 33.4 Å². The maximum Gasteiger partial charge on any atom is 0.372 e. The molecule has 0 saturated heterocycles. The number of nitrogens with one attached hydrogen (secondary N) is 1. The van der Waals surface area contributed by atoms with Gasteiger partial charge in [-0.05, 0) is 26.8 Å². The second-order valence-corrected chi connectivity index (χ2v) is 4.42. The molecule has 2 rings (SSSR count). The zero-order valence-electron chi connectivity index (χ0n) is 11.1. The number of aromatic carboxylic acids is 1. The first-order valence-electron chi connectivity index (χ1n) is 5.96. The van der Waals surface area contributed by atoms with Crippen LogP contribution in [-0.2, 0) is 6.54 Å². The molecule has 1 unspecified atom stereocenters. The molecule has 6 heteroatoms. The Bertz CT molecular complexity index is 566. The molecule has 2 aromatic heterocycles. The Morgan fingerprint density at radius 3 is 2.84 bits per heavy atom. The van der Waals surface area contributed by atoms with Gasteiger partial charge in [0.05, 0.1) is 12.0 Å². The van der Waals surface area contributed by atoms with Gasteiger partial charge in [0.15, 0.2) is 0 Å². The number of aromatic nitrogens is 1. The summed E-state index contributed by atoms with van der Waals surface area (Å²) >= 11 is 0. The molecule has 0 radical (unpaired) electrons. The van der Waals surface area contributed by atoms with Gasteiger partial charge in [0.1, 0.15) is 5.76 Å². The molecule has 6 nitrogen and oxygen atoms in total. The van der Waals surface area contributed by atoms with Gasteiger partial charge in [0.25, 0.3) is 0 Å². The van der Waals surface area contributed by atoms with E-state index in [4.69, 9.17) is 14.0 Å². The molecular weight excluding hydrogens is 248 g/mol. The van der Waals surface area contributed by atoms with Crippen molar-refractivity contribution < 1.29 is 18.8 Å². The summed E-state index contributed by atoms with van der Waals surface area (Å²) in [6.07, 6.45) is 1.38. The van der Waals surface area contributed by atoms with Gasteiger partial charge in [0, 0.05) is 23.7 Å². The van der Waals surface area contributed by atoms with Crippen molar-refractivity contribution >= 4 is 5.97 Å². The lowest BCUT2D eigenvalue weighted by molar-refractivity contribution is 0.0660. The van der Waals surface area contributed by atoms with Gasteiger partial charge in [-0.1, -0.05) is 5.16 Å². The van der Waals surface area contributed by atoms with E-state index >= 15 is 0 Å². The van der Waals surface area contributed by atoms with Gasteiger partial charge in [-0.2, -0.15) is 0 Å². The van der Waals surface area contributed by atoms with Crippen LogP contribution in [0, 0.1) is 13.8 Å². The van der Waals surface area contributed by atoms with Gasteiger partial charge >= 0.3 is 5.97 Å². The second kappa shape index (κ2) is 5.27. The molecule has 0 spiro atoms. The summed E-state index contributed by atoms with van der Waals surface area (Å²) in [7, 11) is 0. The Labute approximate surface area is 110 Å². The first-order chi connectivity index (χ1) is 9.00. The molecule has 0 aromatic carbocycles. The third kappa shape index (κ3) is 2.68. The van der Waals surface area contributed by atoms with Crippen LogP contribution in [0.25, 0.3) is 0 Å². The van der Waals surface area contributed by atoms with E-state index in [0.29, 0.717) is 12.1 Å². The molecule has 0 aliphatic rings. The van der Waals surface area contributed by atoms with Gasteiger partial charge < -0.3 is 19.4 Å². The lowest BCUT2D eigenvalue weighted by Crippen LogP contribution is -2.20. The van der Waals surface area contributed by atoms with Crippen molar-refractivity contribution in [3.63, 3.8) is 0 Å². The highest BCUT2D eigenvalue weighted by Gasteiger charge is 2.18. The second-order valence-electron chi connectivity index (χ2n) is 4.42. The van der Waals surface area contributed by atoms with E-state index in [2.05, 4.69) is 10.5 Å². The zero-order chi connectivity index (χ0) is 14.0. The van der Waals surface area contributed by atoms with E-state index in [1.54, 1.807) is 6.07 Å². The highest BCUT2D eigenvalue weighted by atomic mass is 16.5. The lowest BCUT2D eigenvalue weighted by atomic mass is 10.1. The molecule has 0 aliphatic carbocycles. The summed E-state index contributed by atoms with van der Waals surface area (Å²) in [6, 6.07) is 1.67. The minimum absolute atomic E-state index is 0.0165. The number of aryl methyl sites for hydroxylation is 2. The van der Waals surface area contributed by atoms with Gasteiger partial charge in [-0.25, -0.2) is 4.79 Å². The van der Waals surface area contributed by atoms with Crippen LogP contribution in [-0.4, -0.2) is 16.2 Å². The van der Waals surface area contributed by atoms with Crippen molar-refractivity contribution in [2.24, 2.45) is 0 Å². The Hall–Kier alpha value is -2.08. The van der Waals surface area contributed by atoms with Crippen LogP contribution >= 0.6 is 0 Å². The molecule has 102 valence electrons. The summed E-state index contributed by atoms with van der Waals surface area (Å²) in [5.41, 5.74) is 2.45. The fourth-order valence-corrected chi connectivity index (χ4v) is 2.14. The Morgan fingerprint density at radius 2 is 2.26 bits per heavy atom. The molecule has 0 amide bonds. The highest BCUT2D eigenvalue weighted by Crippen LogP contribution is 2.21. The van der Waals surface area contributed by atoms with Gasteiger partial charge in [-0.15, -0.1) is 0 Å². The van der Waals surface area contributed by atoms with Crippen LogP contribution in [0.15, 0.2) is 21.3 Å². The summed E-state index contributed by atoms with van der Waals surface area (Å²) in [4.78, 5) is 10.9. The van der Waals surface area contributed by atoms with E-state index in [0.717, 1.165) is 17.0 Å². The zero-order valence-corrected chi connectivity index (χ0v) is 11.1. The normalized spacial score (nSPS) is 12.6. The number of carboxylic acids is 1. The first kappa shape index (κ1) is 13.4. The molecule has 0 aliphatic heterocycles. The van der Waals surface area contributed by atoms with E-state index < -0.39 is 5.97 Å². The van der Waals surface area contributed by atoms with Crippen LogP contribution < -0.4 is 5.32 Å². The molecule has 2 heterocycles. The van der Waals surface area contributed by atoms with E-state index in [-0.39, 0.29) is 11.8 Å². The lowest BCUT2D eigenvalue weighted by Gasteiger charge is -2.13. The SMILES string of the molecule is Cc1noc(C)c1C(C)NCc1ccoc1C(=O)O. The summed E-state index contributed by atoms with van der Waals surface area (Å²) in [5, 5.41) is 16.1. The molecule has 19 heavy (non-hydrogen) atoms. The van der Waals surface area contributed by atoms with E-state index in [1.165, 1.54) is 6.26 Å². The minimum Gasteiger partial charge on any atom is -0.475 e. The molecule has 0 bridgehead atoms. The maximum atomic E-state index is 10.9. The van der Waals surface area contributed by atoms with Crippen molar-refractivity contribution in [3.8, 4) is 0 Å². The molecule has 0 saturated carbocycles. The standard InChI is InChI=1S/C13H16N2O4/c1-7(11-8(2)15-19-9(11)3)14-6-10-4-5-18-12(10)13(16)17/h4-5,7,14H,6H2,1-3H3,(H,16,17). The van der Waals surface area contributed by atoms with Crippen molar-refractivity contribution in [1.82, 2.24) is 10.5 Å². The van der Waals surface area contributed by atoms with Gasteiger partial charge in [-0.3, -0.25) is 0 Å². The number of nitrogens with zero attached hydrogens (tertiary/aromatic N) is 1. The predicted octanol–water partition coefficient (Wildman–Crippen LogP) is 2.43. The van der Waals surface area contributed by atoms with Crippen LogP contribution in [0.4, 0.5) is 0 Å². The quantitative estimate of drug-likeness (QED) is 0.862. The van der Waals surface area contributed by atoms with Crippen molar-refractivity contribution in [1.29, 1.82) is 0 Å². The summed E-state index contributed by atoms with van der Waals surface area (Å²) in [6.45, 7) is 6.12. The topological polar surface area (TPSA) is 88.5 Å². The van der Waals surface area contributed by atoms with E-state index in [9.17, 15) is 4.79 Å². The van der Waals surface area contributed by atoms with Crippen LogP contribution in [0.1, 0.15) is 46.1 Å². The highest BCUT2D eigenvalue weighted by molar-refractivity contribution is 5.86. The van der Waals surface area contributed by atoms with Crippen LogP contribution in [0.5, 0.6) is 0 Å². The average molecular weight is 264 g/mol. The van der Waals surface area contributed by atoms with Gasteiger partial charge in [0.2, 0.25) is 5.76 Å².